The second kappa shape index (κ2) is 8.09. The zero-order chi connectivity index (χ0) is 16.9. The summed E-state index contributed by atoms with van der Waals surface area (Å²) in [5, 5.41) is 8.13. The summed E-state index contributed by atoms with van der Waals surface area (Å²) in [6, 6.07) is 0. The molecule has 1 fully saturated rings. The summed E-state index contributed by atoms with van der Waals surface area (Å²) in [7, 11) is 3.52. The number of rotatable bonds is 6. The van der Waals surface area contributed by atoms with Crippen LogP contribution in [0.25, 0.3) is 0 Å². The molecule has 1 N–H and O–H groups in total. The Balaban J connectivity index is 1.55. The first kappa shape index (κ1) is 17.4. The average molecular weight is 336 g/mol. The van der Waals surface area contributed by atoms with Crippen LogP contribution in [0.5, 0.6) is 0 Å². The molecule has 7 heteroatoms. The highest BCUT2D eigenvalue weighted by atomic mass is 16.5. The maximum Gasteiger partial charge on any atom is 0.243 e. The van der Waals surface area contributed by atoms with Crippen molar-refractivity contribution in [2.75, 3.05) is 47.0 Å². The normalized spacial score (nSPS) is 21.5. The zero-order valence-corrected chi connectivity index (χ0v) is 14.7. The molecular weight excluding hydrogens is 308 g/mol. The molecule has 0 bridgehead atoms. The molecule has 134 valence electrons. The fraction of sp³-hybridized carbons (Fsp3) is 0.765. The van der Waals surface area contributed by atoms with E-state index in [2.05, 4.69) is 10.4 Å². The summed E-state index contributed by atoms with van der Waals surface area (Å²) in [5.41, 5.74) is 2.18. The summed E-state index contributed by atoms with van der Waals surface area (Å²) in [6.07, 6.45) is 5.09. The lowest BCUT2D eigenvalue weighted by molar-refractivity contribution is -0.129. The largest absolute Gasteiger partial charge is 0.381 e. The van der Waals surface area contributed by atoms with E-state index in [4.69, 9.17) is 9.47 Å². The van der Waals surface area contributed by atoms with Gasteiger partial charge in [-0.15, -0.1) is 0 Å². The number of carbonyl (C=O) groups excluding carboxylic acids is 1. The molecule has 0 aliphatic carbocycles. The SMILES string of the molecule is CN(C)C(=O)Cn1cc2c(n1)[C@H](CNCC1CCOCC1)OCC2. The number of amides is 1. The number of nitrogens with one attached hydrogen (secondary N) is 1. The Morgan fingerprint density at radius 1 is 1.33 bits per heavy atom. The second-order valence-corrected chi connectivity index (χ2v) is 6.85. The third-order valence-electron chi connectivity index (χ3n) is 4.77. The fourth-order valence-electron chi connectivity index (χ4n) is 3.22. The second-order valence-electron chi connectivity index (χ2n) is 6.85. The molecule has 24 heavy (non-hydrogen) atoms. The van der Waals surface area contributed by atoms with E-state index in [1.165, 1.54) is 5.56 Å². The van der Waals surface area contributed by atoms with Gasteiger partial charge in [0.05, 0.1) is 12.3 Å². The van der Waals surface area contributed by atoms with E-state index in [0.29, 0.717) is 12.5 Å². The molecule has 0 unspecified atom stereocenters. The van der Waals surface area contributed by atoms with Crippen molar-refractivity contribution in [1.29, 1.82) is 0 Å². The third kappa shape index (κ3) is 4.34. The Bertz CT molecular complexity index is 552. The predicted octanol–water partition coefficient (Wildman–Crippen LogP) is 0.601. The molecule has 0 aromatic carbocycles. The van der Waals surface area contributed by atoms with Crippen LogP contribution in [-0.4, -0.2) is 67.6 Å². The molecule has 0 radical (unpaired) electrons. The number of carbonyl (C=O) groups is 1. The van der Waals surface area contributed by atoms with Gasteiger partial charge in [0.2, 0.25) is 5.91 Å². The smallest absolute Gasteiger partial charge is 0.243 e. The minimum Gasteiger partial charge on any atom is -0.381 e. The Labute approximate surface area is 143 Å². The fourth-order valence-corrected chi connectivity index (χ4v) is 3.22. The van der Waals surface area contributed by atoms with Crippen LogP contribution in [-0.2, 0) is 27.2 Å². The number of likely N-dealkylation sites (N-methyl/N-ethyl adjacent to an activating group) is 1. The van der Waals surface area contributed by atoms with Crippen molar-refractivity contribution in [3.8, 4) is 0 Å². The van der Waals surface area contributed by atoms with Crippen molar-refractivity contribution >= 4 is 5.91 Å². The first-order chi connectivity index (χ1) is 11.6. The van der Waals surface area contributed by atoms with Crippen LogP contribution in [0.1, 0.15) is 30.2 Å². The lowest BCUT2D eigenvalue weighted by Crippen LogP contribution is -2.33. The van der Waals surface area contributed by atoms with Crippen molar-refractivity contribution in [1.82, 2.24) is 20.0 Å². The number of fused-ring (bicyclic) bond motifs is 1. The lowest BCUT2D eigenvalue weighted by atomic mass is 10.00. The molecule has 1 amide bonds. The first-order valence-corrected chi connectivity index (χ1v) is 8.80. The van der Waals surface area contributed by atoms with Gasteiger partial charge in [-0.3, -0.25) is 9.48 Å². The van der Waals surface area contributed by atoms with Gasteiger partial charge in [0.15, 0.2) is 0 Å². The van der Waals surface area contributed by atoms with Gasteiger partial charge in [0, 0.05) is 40.1 Å². The Morgan fingerprint density at radius 3 is 2.88 bits per heavy atom. The molecule has 1 saturated heterocycles. The van der Waals surface area contributed by atoms with Crippen molar-refractivity contribution in [2.24, 2.45) is 5.92 Å². The van der Waals surface area contributed by atoms with Crippen LogP contribution in [0.15, 0.2) is 6.20 Å². The van der Waals surface area contributed by atoms with Gasteiger partial charge in [-0.2, -0.15) is 5.10 Å². The summed E-state index contributed by atoms with van der Waals surface area (Å²) in [4.78, 5) is 13.5. The number of hydrogen-bond donors (Lipinski definition) is 1. The van der Waals surface area contributed by atoms with E-state index in [-0.39, 0.29) is 18.6 Å². The molecule has 2 aliphatic rings. The highest BCUT2D eigenvalue weighted by Gasteiger charge is 2.25. The van der Waals surface area contributed by atoms with E-state index >= 15 is 0 Å². The van der Waals surface area contributed by atoms with Crippen molar-refractivity contribution in [3.63, 3.8) is 0 Å². The molecule has 1 aromatic heterocycles. The van der Waals surface area contributed by atoms with E-state index in [9.17, 15) is 4.79 Å². The number of ether oxygens (including phenoxy) is 2. The van der Waals surface area contributed by atoms with E-state index in [0.717, 1.165) is 51.3 Å². The number of hydrogen-bond acceptors (Lipinski definition) is 5. The molecule has 1 aromatic rings. The molecule has 7 nitrogen and oxygen atoms in total. The molecule has 0 spiro atoms. The maximum absolute atomic E-state index is 11.9. The minimum absolute atomic E-state index is 0.0238. The van der Waals surface area contributed by atoms with Crippen LogP contribution < -0.4 is 5.32 Å². The Hall–Kier alpha value is -1.44. The molecule has 3 heterocycles. The predicted molar refractivity (Wildman–Crippen MR) is 89.7 cm³/mol. The van der Waals surface area contributed by atoms with Gasteiger partial charge in [-0.25, -0.2) is 0 Å². The molecule has 1 atom stereocenters. The standard InChI is InChI=1S/C17H28N4O3/c1-20(2)16(22)12-21-11-14-5-8-24-15(17(14)19-21)10-18-9-13-3-6-23-7-4-13/h11,13,15,18H,3-10,12H2,1-2H3/t15-/m0/s1. The topological polar surface area (TPSA) is 68.6 Å². The molecular formula is C17H28N4O3. The summed E-state index contributed by atoms with van der Waals surface area (Å²) < 4.78 is 13.0. The summed E-state index contributed by atoms with van der Waals surface area (Å²) >= 11 is 0. The number of aromatic nitrogens is 2. The maximum atomic E-state index is 11.9. The summed E-state index contributed by atoms with van der Waals surface area (Å²) in [5.74, 6) is 0.738. The van der Waals surface area contributed by atoms with Crippen LogP contribution in [0.4, 0.5) is 0 Å². The van der Waals surface area contributed by atoms with Crippen molar-refractivity contribution < 1.29 is 14.3 Å². The van der Waals surface area contributed by atoms with Gasteiger partial charge in [-0.05, 0) is 37.3 Å². The van der Waals surface area contributed by atoms with Crippen molar-refractivity contribution in [2.45, 2.75) is 31.9 Å². The molecule has 2 aliphatic heterocycles. The third-order valence-corrected chi connectivity index (χ3v) is 4.77. The van der Waals surface area contributed by atoms with E-state index < -0.39 is 0 Å². The van der Waals surface area contributed by atoms with E-state index in [1.807, 2.05) is 6.20 Å². The number of nitrogens with zero attached hydrogens (tertiary/aromatic N) is 3. The van der Waals surface area contributed by atoms with Crippen LogP contribution in [0.2, 0.25) is 0 Å². The van der Waals surface area contributed by atoms with Crippen LogP contribution >= 0.6 is 0 Å². The van der Waals surface area contributed by atoms with Gasteiger partial charge >= 0.3 is 0 Å². The Morgan fingerprint density at radius 2 is 2.12 bits per heavy atom. The zero-order valence-electron chi connectivity index (χ0n) is 14.7. The average Bonchev–Trinajstić information content (AvgIpc) is 2.99. The van der Waals surface area contributed by atoms with Crippen LogP contribution in [0, 0.1) is 5.92 Å². The molecule has 3 rings (SSSR count). The Kier molecular flexibility index (Phi) is 5.86. The van der Waals surface area contributed by atoms with Gasteiger partial charge in [0.25, 0.3) is 0 Å². The highest BCUT2D eigenvalue weighted by molar-refractivity contribution is 5.75. The van der Waals surface area contributed by atoms with Crippen molar-refractivity contribution in [3.05, 3.63) is 17.5 Å². The summed E-state index contributed by atoms with van der Waals surface area (Å²) in [6.45, 7) is 4.51. The van der Waals surface area contributed by atoms with Gasteiger partial charge in [0.1, 0.15) is 12.6 Å². The lowest BCUT2D eigenvalue weighted by Gasteiger charge is -2.25. The molecule has 0 saturated carbocycles. The van der Waals surface area contributed by atoms with Crippen LogP contribution in [0.3, 0.4) is 0 Å². The first-order valence-electron chi connectivity index (χ1n) is 8.80. The highest BCUT2D eigenvalue weighted by Crippen LogP contribution is 2.25. The minimum atomic E-state index is -0.0238. The van der Waals surface area contributed by atoms with Gasteiger partial charge < -0.3 is 19.7 Å². The van der Waals surface area contributed by atoms with Gasteiger partial charge in [-0.1, -0.05) is 0 Å². The van der Waals surface area contributed by atoms with E-state index in [1.54, 1.807) is 23.7 Å². The monoisotopic (exact) mass is 336 g/mol. The quantitative estimate of drug-likeness (QED) is 0.824.